The van der Waals surface area contributed by atoms with Gasteiger partial charge in [-0.3, -0.25) is 4.79 Å². The Bertz CT molecular complexity index is 342. The SMILES string of the molecule is Cn1c(Br)ccc1C(=O)C(F)(F)F. The second-order valence-corrected chi connectivity index (χ2v) is 3.24. The Morgan fingerprint density at radius 1 is 1.46 bits per heavy atom. The molecular formula is C7H5BrF3NO. The number of alkyl halides is 3. The number of rotatable bonds is 1. The lowest BCUT2D eigenvalue weighted by Gasteiger charge is -2.06. The van der Waals surface area contributed by atoms with E-state index in [1.165, 1.54) is 13.1 Å². The first-order valence-electron chi connectivity index (χ1n) is 3.27. The number of hydrogen-bond acceptors (Lipinski definition) is 1. The lowest BCUT2D eigenvalue weighted by atomic mass is 10.3. The standard InChI is InChI=1S/C7H5BrF3NO/c1-12-4(2-3-5(12)8)6(13)7(9,10)11/h2-3H,1H3. The van der Waals surface area contributed by atoms with Crippen molar-refractivity contribution >= 4 is 21.7 Å². The Morgan fingerprint density at radius 2 is 2.00 bits per heavy atom. The van der Waals surface area contributed by atoms with Crippen LogP contribution >= 0.6 is 15.9 Å². The summed E-state index contributed by atoms with van der Waals surface area (Å²) in [6, 6.07) is 2.51. The number of ketones is 1. The molecule has 6 heteroatoms. The first-order chi connectivity index (χ1) is 5.84. The number of halogens is 4. The molecule has 0 saturated heterocycles. The van der Waals surface area contributed by atoms with Gasteiger partial charge in [0.2, 0.25) is 0 Å². The van der Waals surface area contributed by atoms with E-state index < -0.39 is 12.0 Å². The van der Waals surface area contributed by atoms with E-state index in [9.17, 15) is 18.0 Å². The first kappa shape index (κ1) is 10.3. The maximum Gasteiger partial charge on any atom is 0.456 e. The van der Waals surface area contributed by atoms with Crippen LogP contribution in [0.3, 0.4) is 0 Å². The van der Waals surface area contributed by atoms with Gasteiger partial charge in [-0.05, 0) is 28.1 Å². The van der Waals surface area contributed by atoms with Crippen molar-refractivity contribution in [2.24, 2.45) is 7.05 Å². The number of carbonyl (C=O) groups excluding carboxylic acids is 1. The van der Waals surface area contributed by atoms with E-state index in [0.717, 1.165) is 10.6 Å². The zero-order chi connectivity index (χ0) is 10.2. The van der Waals surface area contributed by atoms with Gasteiger partial charge in [-0.1, -0.05) is 0 Å². The molecule has 13 heavy (non-hydrogen) atoms. The van der Waals surface area contributed by atoms with E-state index >= 15 is 0 Å². The van der Waals surface area contributed by atoms with Crippen LogP contribution in [0, 0.1) is 0 Å². The third-order valence-electron chi connectivity index (χ3n) is 1.55. The summed E-state index contributed by atoms with van der Waals surface area (Å²) in [6.07, 6.45) is -4.81. The van der Waals surface area contributed by atoms with Crippen molar-refractivity contribution < 1.29 is 18.0 Å². The second kappa shape index (κ2) is 3.17. The Labute approximate surface area is 80.5 Å². The molecule has 0 bridgehead atoms. The van der Waals surface area contributed by atoms with Gasteiger partial charge in [0.05, 0.1) is 10.3 Å². The normalized spacial score (nSPS) is 11.8. The highest BCUT2D eigenvalue weighted by atomic mass is 79.9. The molecule has 1 aromatic rings. The molecule has 0 atom stereocenters. The lowest BCUT2D eigenvalue weighted by molar-refractivity contribution is -0.0890. The van der Waals surface area contributed by atoms with Crippen LogP contribution in [0.25, 0.3) is 0 Å². The highest BCUT2D eigenvalue weighted by molar-refractivity contribution is 9.10. The van der Waals surface area contributed by atoms with Crippen LogP contribution in [0.4, 0.5) is 13.2 Å². The van der Waals surface area contributed by atoms with Crippen molar-refractivity contribution in [2.75, 3.05) is 0 Å². The molecular weight excluding hydrogens is 251 g/mol. The highest BCUT2D eigenvalue weighted by Gasteiger charge is 2.40. The smallest absolute Gasteiger partial charge is 0.336 e. The third-order valence-corrected chi connectivity index (χ3v) is 2.35. The summed E-state index contributed by atoms with van der Waals surface area (Å²) in [7, 11) is 1.38. The molecule has 2 nitrogen and oxygen atoms in total. The monoisotopic (exact) mass is 255 g/mol. The number of aromatic nitrogens is 1. The van der Waals surface area contributed by atoms with Gasteiger partial charge in [-0.15, -0.1) is 0 Å². The summed E-state index contributed by atoms with van der Waals surface area (Å²) in [5, 5.41) is 0. The quantitative estimate of drug-likeness (QED) is 0.707. The van der Waals surface area contributed by atoms with Crippen LogP contribution in [0.1, 0.15) is 10.5 Å². The minimum atomic E-state index is -4.81. The van der Waals surface area contributed by atoms with Crippen molar-refractivity contribution in [1.29, 1.82) is 0 Å². The summed E-state index contributed by atoms with van der Waals surface area (Å²) in [6.45, 7) is 0. The fraction of sp³-hybridized carbons (Fsp3) is 0.286. The van der Waals surface area contributed by atoms with E-state index in [2.05, 4.69) is 15.9 Å². The molecule has 0 aliphatic heterocycles. The van der Waals surface area contributed by atoms with Gasteiger partial charge in [0.15, 0.2) is 0 Å². The van der Waals surface area contributed by atoms with Gasteiger partial charge in [-0.2, -0.15) is 13.2 Å². The van der Waals surface area contributed by atoms with Crippen LogP contribution < -0.4 is 0 Å². The lowest BCUT2D eigenvalue weighted by Crippen LogP contribution is -2.24. The van der Waals surface area contributed by atoms with Crippen molar-refractivity contribution in [3.05, 3.63) is 22.4 Å². The molecule has 1 aromatic heterocycles. The largest absolute Gasteiger partial charge is 0.456 e. The van der Waals surface area contributed by atoms with E-state index in [1.807, 2.05) is 0 Å². The predicted molar refractivity (Wildman–Crippen MR) is 43.5 cm³/mol. The minimum absolute atomic E-state index is 0.376. The molecule has 72 valence electrons. The molecule has 0 fully saturated rings. The predicted octanol–water partition coefficient (Wildman–Crippen LogP) is 2.53. The molecule has 0 aromatic carbocycles. The summed E-state index contributed by atoms with van der Waals surface area (Å²) in [5.41, 5.74) is -0.376. The van der Waals surface area contributed by atoms with Gasteiger partial charge in [0.1, 0.15) is 0 Å². The van der Waals surface area contributed by atoms with Gasteiger partial charge in [0.25, 0.3) is 5.78 Å². The van der Waals surface area contributed by atoms with E-state index in [1.54, 1.807) is 0 Å². The van der Waals surface area contributed by atoms with E-state index in [4.69, 9.17) is 0 Å². The van der Waals surface area contributed by atoms with Crippen LogP contribution in [0.5, 0.6) is 0 Å². The molecule has 0 spiro atoms. The van der Waals surface area contributed by atoms with Crippen LogP contribution in [0.2, 0.25) is 0 Å². The highest BCUT2D eigenvalue weighted by Crippen LogP contribution is 2.23. The topological polar surface area (TPSA) is 22.0 Å². The fourth-order valence-corrected chi connectivity index (χ4v) is 1.18. The molecule has 0 N–H and O–H groups in total. The maximum absolute atomic E-state index is 11.9. The van der Waals surface area contributed by atoms with Gasteiger partial charge >= 0.3 is 6.18 Å². The molecule has 0 unspecified atom stereocenters. The molecule has 1 heterocycles. The Morgan fingerprint density at radius 3 is 2.31 bits per heavy atom. The van der Waals surface area contributed by atoms with Crippen molar-refractivity contribution in [2.45, 2.75) is 6.18 Å². The molecule has 1 rings (SSSR count). The zero-order valence-corrected chi connectivity index (χ0v) is 8.11. The molecule has 0 aliphatic rings. The average Bonchev–Trinajstić information content (AvgIpc) is 2.30. The minimum Gasteiger partial charge on any atom is -0.336 e. The number of Topliss-reactive ketones (excluding diaryl/α,β-unsaturated/α-hetero) is 1. The zero-order valence-electron chi connectivity index (χ0n) is 6.52. The number of carbonyl (C=O) groups is 1. The van der Waals surface area contributed by atoms with Crippen molar-refractivity contribution in [3.63, 3.8) is 0 Å². The van der Waals surface area contributed by atoms with Crippen LogP contribution in [-0.2, 0) is 7.05 Å². The summed E-state index contributed by atoms with van der Waals surface area (Å²) < 4.78 is 37.4. The van der Waals surface area contributed by atoms with Crippen molar-refractivity contribution in [3.8, 4) is 0 Å². The second-order valence-electron chi connectivity index (χ2n) is 2.43. The third kappa shape index (κ3) is 1.93. The van der Waals surface area contributed by atoms with Gasteiger partial charge in [-0.25, -0.2) is 0 Å². The van der Waals surface area contributed by atoms with E-state index in [-0.39, 0.29) is 5.69 Å². The Balaban J connectivity index is 3.10. The summed E-state index contributed by atoms with van der Waals surface area (Å²) >= 11 is 2.99. The Kier molecular flexibility index (Phi) is 2.51. The first-order valence-corrected chi connectivity index (χ1v) is 4.06. The fourth-order valence-electron chi connectivity index (χ4n) is 0.860. The van der Waals surface area contributed by atoms with Gasteiger partial charge < -0.3 is 4.57 Å². The van der Waals surface area contributed by atoms with Crippen LogP contribution in [0.15, 0.2) is 16.7 Å². The van der Waals surface area contributed by atoms with E-state index in [0.29, 0.717) is 4.60 Å². The Hall–Kier alpha value is -0.780. The molecule has 0 amide bonds. The molecule has 0 aliphatic carbocycles. The summed E-state index contributed by atoms with van der Waals surface area (Å²) in [4.78, 5) is 10.7. The summed E-state index contributed by atoms with van der Waals surface area (Å²) in [5.74, 6) is -1.83. The number of hydrogen-bond donors (Lipinski definition) is 0. The number of nitrogens with zero attached hydrogens (tertiary/aromatic N) is 1. The van der Waals surface area contributed by atoms with Gasteiger partial charge in [0, 0.05) is 7.05 Å². The average molecular weight is 256 g/mol. The molecule has 0 radical (unpaired) electrons. The van der Waals surface area contributed by atoms with Crippen LogP contribution in [-0.4, -0.2) is 16.5 Å². The van der Waals surface area contributed by atoms with Crippen molar-refractivity contribution in [1.82, 2.24) is 4.57 Å². The maximum atomic E-state index is 11.9. The molecule has 0 saturated carbocycles.